The van der Waals surface area contributed by atoms with Crippen molar-refractivity contribution in [3.63, 3.8) is 0 Å². The molecule has 0 saturated carbocycles. The number of rotatable bonds is 5. The lowest BCUT2D eigenvalue weighted by molar-refractivity contribution is -0.137. The van der Waals surface area contributed by atoms with Gasteiger partial charge in [-0.05, 0) is 59.4 Å². The van der Waals surface area contributed by atoms with Gasteiger partial charge in [0.25, 0.3) is 0 Å². The van der Waals surface area contributed by atoms with Crippen LogP contribution in [0.5, 0.6) is 0 Å². The molecule has 1 heterocycles. The summed E-state index contributed by atoms with van der Waals surface area (Å²) in [6.07, 6.45) is -2.80. The van der Waals surface area contributed by atoms with E-state index in [4.69, 9.17) is 23.2 Å². The first kappa shape index (κ1) is 33.2. The molecule has 3 atom stereocenters. The van der Waals surface area contributed by atoms with Crippen LogP contribution in [0.15, 0.2) is 78.9 Å². The Labute approximate surface area is 244 Å². The van der Waals surface area contributed by atoms with E-state index < -0.39 is 11.7 Å². The van der Waals surface area contributed by atoms with Gasteiger partial charge in [0.05, 0.1) is 17.6 Å². The van der Waals surface area contributed by atoms with E-state index in [1.807, 2.05) is 48.5 Å². The molecule has 2 N–H and O–H groups in total. The molecule has 0 spiro atoms. The van der Waals surface area contributed by atoms with Crippen molar-refractivity contribution in [2.24, 2.45) is 11.3 Å². The summed E-state index contributed by atoms with van der Waals surface area (Å²) < 4.78 is 36.3. The maximum Gasteiger partial charge on any atom is 0.416 e. The van der Waals surface area contributed by atoms with E-state index in [1.54, 1.807) is 0 Å². The van der Waals surface area contributed by atoms with Crippen LogP contribution in [0, 0.1) is 22.7 Å². The topological polar surface area (TPSA) is 64.9 Å². The molecule has 4 rings (SSSR count). The van der Waals surface area contributed by atoms with E-state index in [0.717, 1.165) is 35.1 Å². The normalized spacial score (nSPS) is 18.3. The van der Waals surface area contributed by atoms with Gasteiger partial charge in [-0.15, -0.1) is 0 Å². The molecule has 1 fully saturated rings. The molecular formula is C31H34Cl2F3N3O. The average Bonchev–Trinajstić information content (AvgIpc) is 3.29. The van der Waals surface area contributed by atoms with Crippen LogP contribution in [0.4, 0.5) is 13.2 Å². The zero-order valence-electron chi connectivity index (χ0n) is 22.7. The van der Waals surface area contributed by atoms with Crippen molar-refractivity contribution >= 4 is 29.6 Å². The first-order chi connectivity index (χ1) is 18.8. The number of carbonyl (C=O) groups excluding carboxylic acids is 1. The number of hydrogen-bond acceptors (Lipinski definition) is 3. The van der Waals surface area contributed by atoms with Gasteiger partial charge in [0, 0.05) is 35.1 Å². The third-order valence-corrected chi connectivity index (χ3v) is 6.62. The Bertz CT molecular complexity index is 1220. The Balaban J connectivity index is 0.000000233. The molecule has 9 heteroatoms. The van der Waals surface area contributed by atoms with Gasteiger partial charge < -0.3 is 10.6 Å². The number of hydrogen-bond donors (Lipinski definition) is 2. The third-order valence-electron chi connectivity index (χ3n) is 6.13. The van der Waals surface area contributed by atoms with E-state index in [0.29, 0.717) is 12.0 Å². The van der Waals surface area contributed by atoms with E-state index in [-0.39, 0.29) is 29.8 Å². The van der Waals surface area contributed by atoms with Crippen LogP contribution in [0.1, 0.15) is 49.8 Å². The summed E-state index contributed by atoms with van der Waals surface area (Å²) in [5.41, 5.74) is 1.34. The highest BCUT2D eigenvalue weighted by Gasteiger charge is 2.38. The molecule has 0 radical (unpaired) electrons. The van der Waals surface area contributed by atoms with Crippen molar-refractivity contribution in [3.8, 4) is 6.07 Å². The number of benzene rings is 3. The highest BCUT2D eigenvalue weighted by molar-refractivity contribution is 6.30. The molecule has 0 aromatic heterocycles. The zero-order chi connectivity index (χ0) is 29.8. The fourth-order valence-corrected chi connectivity index (χ4v) is 4.64. The van der Waals surface area contributed by atoms with Crippen LogP contribution in [-0.4, -0.2) is 19.0 Å². The Morgan fingerprint density at radius 2 is 1.60 bits per heavy atom. The molecule has 214 valence electrons. The molecule has 1 aliphatic heterocycles. The maximum absolute atomic E-state index is 12.1. The molecular weight excluding hydrogens is 558 g/mol. The monoisotopic (exact) mass is 591 g/mol. The van der Waals surface area contributed by atoms with Gasteiger partial charge in [-0.1, -0.05) is 86.4 Å². The van der Waals surface area contributed by atoms with E-state index in [9.17, 15) is 23.2 Å². The molecule has 0 bridgehead atoms. The van der Waals surface area contributed by atoms with Crippen LogP contribution in [0.25, 0.3) is 0 Å². The number of amides is 1. The minimum absolute atomic E-state index is 0.0256. The maximum atomic E-state index is 12.1. The number of nitriles is 1. The minimum atomic E-state index is -4.31. The van der Waals surface area contributed by atoms with Crippen LogP contribution < -0.4 is 10.6 Å². The summed E-state index contributed by atoms with van der Waals surface area (Å²) in [6, 6.07) is 24.7. The van der Waals surface area contributed by atoms with Crippen molar-refractivity contribution in [3.05, 3.63) is 106 Å². The van der Waals surface area contributed by atoms with Gasteiger partial charge in [0.15, 0.2) is 0 Å². The Hall–Kier alpha value is -3.05. The van der Waals surface area contributed by atoms with Gasteiger partial charge in [-0.2, -0.15) is 18.4 Å². The molecule has 2 unspecified atom stereocenters. The first-order valence-corrected chi connectivity index (χ1v) is 13.5. The predicted molar refractivity (Wildman–Crippen MR) is 155 cm³/mol. The van der Waals surface area contributed by atoms with Crippen LogP contribution in [0.2, 0.25) is 10.0 Å². The minimum Gasteiger partial charge on any atom is -0.355 e. The van der Waals surface area contributed by atoms with Crippen molar-refractivity contribution in [2.45, 2.75) is 51.9 Å². The SMILES string of the molecule is CC(C)(C)C[C@@H]1NCC(c2cccc(Cl)c2)C1C#N.Clc1ccccc1.O=CNCc1ccc(C(F)(F)F)cc1. The van der Waals surface area contributed by atoms with E-state index in [2.05, 4.69) is 43.5 Å². The summed E-state index contributed by atoms with van der Waals surface area (Å²) >= 11 is 11.6. The standard InChI is InChI=1S/C16H21ClN2.C9H8F3NO.C6H5Cl/c1-16(2,3)8-15-13(9-18)14(10-19-15)11-5-4-6-12(17)7-11;10-9(11,12)8-3-1-7(2-4-8)5-13-6-14;7-6-4-2-1-3-5-6/h4-7,13-15,19H,8,10H2,1-3H3;1-4,6H,5H2,(H,13,14);1-5H/t13?,14?,15-;;/m0../s1. The smallest absolute Gasteiger partial charge is 0.355 e. The summed E-state index contributed by atoms with van der Waals surface area (Å²) in [6.45, 7) is 7.75. The Morgan fingerprint density at radius 1 is 0.975 bits per heavy atom. The quantitative estimate of drug-likeness (QED) is 0.293. The zero-order valence-corrected chi connectivity index (χ0v) is 24.2. The van der Waals surface area contributed by atoms with Gasteiger partial charge in [-0.25, -0.2) is 0 Å². The molecule has 1 aliphatic rings. The number of carbonyl (C=O) groups is 1. The summed E-state index contributed by atoms with van der Waals surface area (Å²) in [5.74, 6) is 0.272. The van der Waals surface area contributed by atoms with E-state index in [1.165, 1.54) is 17.7 Å². The lowest BCUT2D eigenvalue weighted by Gasteiger charge is -2.25. The molecule has 3 aromatic carbocycles. The molecule has 40 heavy (non-hydrogen) atoms. The molecule has 0 aliphatic carbocycles. The van der Waals surface area contributed by atoms with Gasteiger partial charge >= 0.3 is 6.18 Å². The third kappa shape index (κ3) is 11.6. The largest absolute Gasteiger partial charge is 0.416 e. The second-order valence-electron chi connectivity index (χ2n) is 10.6. The number of alkyl halides is 3. The molecule has 3 aromatic rings. The van der Waals surface area contributed by atoms with Crippen LogP contribution in [-0.2, 0) is 17.5 Å². The highest BCUT2D eigenvalue weighted by atomic mass is 35.5. The fourth-order valence-electron chi connectivity index (χ4n) is 4.30. The summed E-state index contributed by atoms with van der Waals surface area (Å²) in [7, 11) is 0. The van der Waals surface area contributed by atoms with Gasteiger partial charge in [-0.3, -0.25) is 4.79 Å². The predicted octanol–water partition coefficient (Wildman–Crippen LogP) is 8.26. The second-order valence-corrected chi connectivity index (χ2v) is 11.5. The van der Waals surface area contributed by atoms with Gasteiger partial charge in [0.2, 0.25) is 6.41 Å². The van der Waals surface area contributed by atoms with Gasteiger partial charge in [0.1, 0.15) is 0 Å². The average molecular weight is 593 g/mol. The van der Waals surface area contributed by atoms with Crippen LogP contribution >= 0.6 is 23.2 Å². The molecule has 4 nitrogen and oxygen atoms in total. The molecule has 1 amide bonds. The number of nitrogens with one attached hydrogen (secondary N) is 2. The lowest BCUT2D eigenvalue weighted by Crippen LogP contribution is -2.31. The van der Waals surface area contributed by atoms with Crippen molar-refractivity contribution < 1.29 is 18.0 Å². The van der Waals surface area contributed by atoms with Crippen molar-refractivity contribution in [1.82, 2.24) is 10.6 Å². The van der Waals surface area contributed by atoms with E-state index >= 15 is 0 Å². The lowest BCUT2D eigenvalue weighted by atomic mass is 9.79. The number of nitrogens with zero attached hydrogens (tertiary/aromatic N) is 1. The fraction of sp³-hybridized carbons (Fsp3) is 0.355. The summed E-state index contributed by atoms with van der Waals surface area (Å²) in [4.78, 5) is 9.91. The Kier molecular flexibility index (Phi) is 13.0. The number of halogens is 5. The first-order valence-electron chi connectivity index (χ1n) is 12.8. The van der Waals surface area contributed by atoms with Crippen molar-refractivity contribution in [2.75, 3.05) is 6.54 Å². The van der Waals surface area contributed by atoms with Crippen LogP contribution in [0.3, 0.4) is 0 Å². The highest BCUT2D eigenvalue weighted by Crippen LogP contribution is 2.37. The second kappa shape index (κ2) is 15.7. The van der Waals surface area contributed by atoms with Crippen molar-refractivity contribution in [1.29, 1.82) is 5.26 Å². The molecule has 1 saturated heterocycles. The Morgan fingerprint density at radius 3 is 2.08 bits per heavy atom. The summed E-state index contributed by atoms with van der Waals surface area (Å²) in [5, 5.41) is 16.9.